The molecule has 90 valence electrons. The number of aromatic nitrogens is 2. The Labute approximate surface area is 99.6 Å². The van der Waals surface area contributed by atoms with Crippen LogP contribution in [0.5, 0.6) is 0 Å². The quantitative estimate of drug-likeness (QED) is 0.804. The lowest BCUT2D eigenvalue weighted by atomic mass is 10.2. The van der Waals surface area contributed by atoms with Gasteiger partial charge in [-0.05, 0) is 24.6 Å². The van der Waals surface area contributed by atoms with E-state index in [4.69, 9.17) is 5.73 Å². The summed E-state index contributed by atoms with van der Waals surface area (Å²) in [5.74, 6) is 0.641. The largest absolute Gasteiger partial charge is 0.369 e. The number of carbonyl (C=O) groups excluding carboxylic acids is 1. The van der Waals surface area contributed by atoms with E-state index < -0.39 is 0 Å². The van der Waals surface area contributed by atoms with Crippen molar-refractivity contribution in [3.05, 3.63) is 29.6 Å². The molecule has 5 nitrogen and oxygen atoms in total. The van der Waals surface area contributed by atoms with Gasteiger partial charge in [-0.25, -0.2) is 4.98 Å². The fraction of sp³-hybridized carbons (Fsp3) is 0.333. The minimum absolute atomic E-state index is 0.194. The maximum Gasteiger partial charge on any atom is 0.231 e. The molecule has 17 heavy (non-hydrogen) atoms. The molecule has 0 unspecified atom stereocenters. The van der Waals surface area contributed by atoms with Crippen molar-refractivity contribution in [3.63, 3.8) is 0 Å². The summed E-state index contributed by atoms with van der Waals surface area (Å²) in [4.78, 5) is 15.1. The highest BCUT2D eigenvalue weighted by Gasteiger charge is 2.04. The van der Waals surface area contributed by atoms with E-state index >= 15 is 0 Å². The van der Waals surface area contributed by atoms with Crippen molar-refractivity contribution >= 4 is 16.9 Å². The molecule has 1 aromatic carbocycles. The van der Waals surface area contributed by atoms with E-state index in [0.717, 1.165) is 22.4 Å². The van der Waals surface area contributed by atoms with Gasteiger partial charge >= 0.3 is 0 Å². The number of nitrogens with zero attached hydrogens (tertiary/aromatic N) is 2. The van der Waals surface area contributed by atoms with E-state index in [1.807, 2.05) is 32.2 Å². The second kappa shape index (κ2) is 4.55. The van der Waals surface area contributed by atoms with Crippen molar-refractivity contribution in [2.75, 3.05) is 6.54 Å². The average Bonchev–Trinajstić information content (AvgIpc) is 2.54. The van der Waals surface area contributed by atoms with Crippen LogP contribution in [0.3, 0.4) is 0 Å². The zero-order valence-electron chi connectivity index (χ0n) is 10.0. The Bertz CT molecular complexity index is 559. The molecule has 0 fully saturated rings. The Morgan fingerprint density at radius 3 is 3.00 bits per heavy atom. The van der Waals surface area contributed by atoms with Crippen LogP contribution >= 0.6 is 0 Å². The number of nitrogens with two attached hydrogens (primary N) is 1. The summed E-state index contributed by atoms with van der Waals surface area (Å²) in [6.07, 6.45) is 0. The van der Waals surface area contributed by atoms with Crippen LogP contribution in [0, 0.1) is 6.92 Å². The van der Waals surface area contributed by atoms with Gasteiger partial charge < -0.3 is 15.6 Å². The number of hydrogen-bond donors (Lipinski definition) is 2. The fourth-order valence-electron chi connectivity index (χ4n) is 1.81. The fourth-order valence-corrected chi connectivity index (χ4v) is 1.81. The Kier molecular flexibility index (Phi) is 3.10. The topological polar surface area (TPSA) is 72.9 Å². The highest BCUT2D eigenvalue weighted by molar-refractivity contribution is 5.77. The smallest absolute Gasteiger partial charge is 0.231 e. The van der Waals surface area contributed by atoms with Crippen molar-refractivity contribution < 1.29 is 4.79 Å². The maximum atomic E-state index is 10.6. The van der Waals surface area contributed by atoms with Crippen LogP contribution in [-0.2, 0) is 18.4 Å². The van der Waals surface area contributed by atoms with Crippen LogP contribution in [-0.4, -0.2) is 22.0 Å². The molecule has 0 radical (unpaired) electrons. The minimum Gasteiger partial charge on any atom is -0.369 e. The summed E-state index contributed by atoms with van der Waals surface area (Å²) >= 11 is 0. The van der Waals surface area contributed by atoms with Gasteiger partial charge in [0.15, 0.2) is 0 Å². The van der Waals surface area contributed by atoms with Gasteiger partial charge in [0.1, 0.15) is 5.82 Å². The monoisotopic (exact) mass is 232 g/mol. The van der Waals surface area contributed by atoms with E-state index in [-0.39, 0.29) is 12.5 Å². The maximum absolute atomic E-state index is 10.6. The van der Waals surface area contributed by atoms with Crippen LogP contribution < -0.4 is 11.1 Å². The lowest BCUT2D eigenvalue weighted by Crippen LogP contribution is -2.28. The van der Waals surface area contributed by atoms with Crippen molar-refractivity contribution in [1.29, 1.82) is 0 Å². The molecule has 2 rings (SSSR count). The van der Waals surface area contributed by atoms with E-state index in [2.05, 4.69) is 14.9 Å². The third-order valence-electron chi connectivity index (χ3n) is 2.80. The number of hydrogen-bond acceptors (Lipinski definition) is 3. The van der Waals surface area contributed by atoms with Gasteiger partial charge in [0.25, 0.3) is 0 Å². The summed E-state index contributed by atoms with van der Waals surface area (Å²) in [7, 11) is 2.00. The number of benzene rings is 1. The molecule has 5 heteroatoms. The summed E-state index contributed by atoms with van der Waals surface area (Å²) in [5.41, 5.74) is 8.24. The third-order valence-corrected chi connectivity index (χ3v) is 2.80. The third kappa shape index (κ3) is 2.45. The SMILES string of the molecule is Cc1nc2cc(CNCC(N)=O)ccc2n1C. The second-order valence-corrected chi connectivity index (χ2v) is 4.11. The number of imidazole rings is 1. The first-order chi connectivity index (χ1) is 8.08. The molecule has 0 spiro atoms. The van der Waals surface area contributed by atoms with Gasteiger partial charge in [0.05, 0.1) is 17.6 Å². The predicted octanol–water partition coefficient (Wildman–Crippen LogP) is 0.457. The number of aryl methyl sites for hydroxylation is 2. The molecule has 0 atom stereocenters. The molecule has 0 saturated carbocycles. The Morgan fingerprint density at radius 1 is 1.53 bits per heavy atom. The summed E-state index contributed by atoms with van der Waals surface area (Å²) in [6.45, 7) is 2.79. The molecule has 0 aliphatic rings. The van der Waals surface area contributed by atoms with Gasteiger partial charge in [-0.1, -0.05) is 6.07 Å². The molecular formula is C12H16N4O. The lowest BCUT2D eigenvalue weighted by Gasteiger charge is -2.03. The molecule has 2 aromatic rings. The standard InChI is InChI=1S/C12H16N4O/c1-8-15-10-5-9(6-14-7-12(13)17)3-4-11(10)16(8)2/h3-5,14H,6-7H2,1-2H3,(H2,13,17). The molecular weight excluding hydrogens is 216 g/mol. The minimum atomic E-state index is -0.347. The zero-order chi connectivity index (χ0) is 12.4. The number of amides is 1. The Hall–Kier alpha value is -1.88. The Morgan fingerprint density at radius 2 is 2.29 bits per heavy atom. The average molecular weight is 232 g/mol. The van der Waals surface area contributed by atoms with Crippen molar-refractivity contribution in [3.8, 4) is 0 Å². The molecule has 1 aromatic heterocycles. The van der Waals surface area contributed by atoms with Crippen LogP contribution in [0.1, 0.15) is 11.4 Å². The van der Waals surface area contributed by atoms with Crippen molar-refractivity contribution in [1.82, 2.24) is 14.9 Å². The second-order valence-electron chi connectivity index (χ2n) is 4.11. The summed E-state index contributed by atoms with van der Waals surface area (Å²) in [5, 5.41) is 2.98. The summed E-state index contributed by atoms with van der Waals surface area (Å²) < 4.78 is 2.05. The van der Waals surface area contributed by atoms with E-state index in [9.17, 15) is 4.79 Å². The van der Waals surface area contributed by atoms with Gasteiger partial charge in [-0.3, -0.25) is 4.79 Å². The first-order valence-electron chi connectivity index (χ1n) is 5.49. The zero-order valence-corrected chi connectivity index (χ0v) is 10.0. The molecule has 1 heterocycles. The van der Waals surface area contributed by atoms with Gasteiger partial charge in [-0.15, -0.1) is 0 Å². The number of nitrogens with one attached hydrogen (secondary N) is 1. The van der Waals surface area contributed by atoms with E-state index in [1.165, 1.54) is 0 Å². The van der Waals surface area contributed by atoms with Gasteiger partial charge in [-0.2, -0.15) is 0 Å². The van der Waals surface area contributed by atoms with Crippen LogP contribution in [0.2, 0.25) is 0 Å². The molecule has 0 saturated heterocycles. The van der Waals surface area contributed by atoms with E-state index in [0.29, 0.717) is 6.54 Å². The Balaban J connectivity index is 2.17. The van der Waals surface area contributed by atoms with Crippen LogP contribution in [0.15, 0.2) is 18.2 Å². The molecule has 0 bridgehead atoms. The number of rotatable bonds is 4. The van der Waals surface area contributed by atoms with Crippen LogP contribution in [0.25, 0.3) is 11.0 Å². The number of fused-ring (bicyclic) bond motifs is 1. The van der Waals surface area contributed by atoms with Crippen molar-refractivity contribution in [2.45, 2.75) is 13.5 Å². The normalized spacial score (nSPS) is 10.9. The van der Waals surface area contributed by atoms with E-state index in [1.54, 1.807) is 0 Å². The number of primary amides is 1. The molecule has 3 N–H and O–H groups in total. The highest BCUT2D eigenvalue weighted by Crippen LogP contribution is 2.16. The highest BCUT2D eigenvalue weighted by atomic mass is 16.1. The van der Waals surface area contributed by atoms with Gasteiger partial charge in [0.2, 0.25) is 5.91 Å². The summed E-state index contributed by atoms with van der Waals surface area (Å²) in [6, 6.07) is 6.09. The first-order valence-corrected chi connectivity index (χ1v) is 5.49. The molecule has 0 aliphatic carbocycles. The number of carbonyl (C=O) groups is 1. The molecule has 0 aliphatic heterocycles. The van der Waals surface area contributed by atoms with Crippen molar-refractivity contribution in [2.24, 2.45) is 12.8 Å². The van der Waals surface area contributed by atoms with Crippen LogP contribution in [0.4, 0.5) is 0 Å². The molecule has 1 amide bonds. The predicted molar refractivity (Wildman–Crippen MR) is 66.4 cm³/mol. The van der Waals surface area contributed by atoms with Gasteiger partial charge in [0, 0.05) is 13.6 Å². The first kappa shape index (κ1) is 11.6. The lowest BCUT2D eigenvalue weighted by molar-refractivity contribution is -0.117.